The first-order chi connectivity index (χ1) is 12.1. The third-order valence-corrected chi connectivity index (χ3v) is 5.01. The van der Waals surface area contributed by atoms with Gasteiger partial charge in [-0.15, -0.1) is 0 Å². The standard InChI is InChI=1S/C19H26N4O2/c1-3-23-16-10-6-5-9-15(16)21-17(23)13-20-18(25)19(22-14(2)24)11-7-4-8-12-19/h5-6,9-10H,3-4,7-8,11-13H2,1-2H3,(H,20,25)(H,22,24). The van der Waals surface area contributed by atoms with E-state index in [2.05, 4.69) is 27.1 Å². The van der Waals surface area contributed by atoms with Crippen LogP contribution in [0.2, 0.25) is 0 Å². The second-order valence-electron chi connectivity index (χ2n) is 6.77. The van der Waals surface area contributed by atoms with E-state index in [1.165, 1.54) is 6.92 Å². The van der Waals surface area contributed by atoms with Crippen molar-refractivity contribution >= 4 is 22.8 Å². The van der Waals surface area contributed by atoms with E-state index in [9.17, 15) is 9.59 Å². The van der Waals surface area contributed by atoms with Gasteiger partial charge in [0, 0.05) is 13.5 Å². The summed E-state index contributed by atoms with van der Waals surface area (Å²) in [7, 11) is 0. The first-order valence-corrected chi connectivity index (χ1v) is 9.07. The molecule has 2 amide bonds. The lowest BCUT2D eigenvalue weighted by molar-refractivity contribution is -0.134. The monoisotopic (exact) mass is 342 g/mol. The molecule has 0 bridgehead atoms. The minimum Gasteiger partial charge on any atom is -0.347 e. The van der Waals surface area contributed by atoms with Gasteiger partial charge in [-0.2, -0.15) is 0 Å². The van der Waals surface area contributed by atoms with Gasteiger partial charge in [0.1, 0.15) is 11.4 Å². The molecule has 6 nitrogen and oxygen atoms in total. The highest BCUT2D eigenvalue weighted by atomic mass is 16.2. The van der Waals surface area contributed by atoms with E-state index in [1.54, 1.807) is 0 Å². The van der Waals surface area contributed by atoms with E-state index in [0.29, 0.717) is 19.4 Å². The molecule has 0 atom stereocenters. The van der Waals surface area contributed by atoms with E-state index < -0.39 is 5.54 Å². The highest BCUT2D eigenvalue weighted by Gasteiger charge is 2.40. The quantitative estimate of drug-likeness (QED) is 0.876. The summed E-state index contributed by atoms with van der Waals surface area (Å²) < 4.78 is 2.11. The van der Waals surface area contributed by atoms with Gasteiger partial charge >= 0.3 is 0 Å². The van der Waals surface area contributed by atoms with Crippen LogP contribution < -0.4 is 10.6 Å². The van der Waals surface area contributed by atoms with Crippen LogP contribution >= 0.6 is 0 Å². The lowest BCUT2D eigenvalue weighted by Gasteiger charge is -2.36. The molecule has 0 saturated heterocycles. The zero-order valence-corrected chi connectivity index (χ0v) is 15.0. The van der Waals surface area contributed by atoms with Gasteiger partial charge in [0.25, 0.3) is 0 Å². The molecule has 0 aliphatic heterocycles. The number of rotatable bonds is 5. The van der Waals surface area contributed by atoms with Crippen molar-refractivity contribution in [2.24, 2.45) is 0 Å². The van der Waals surface area contributed by atoms with Crippen molar-refractivity contribution in [2.75, 3.05) is 0 Å². The number of aromatic nitrogens is 2. The Bertz CT molecular complexity index is 775. The number of hydrogen-bond donors (Lipinski definition) is 2. The Labute approximate surface area is 148 Å². The molecular formula is C19H26N4O2. The second-order valence-corrected chi connectivity index (χ2v) is 6.77. The summed E-state index contributed by atoms with van der Waals surface area (Å²) in [6, 6.07) is 7.97. The summed E-state index contributed by atoms with van der Waals surface area (Å²) in [6.45, 7) is 4.70. The molecule has 25 heavy (non-hydrogen) atoms. The van der Waals surface area contributed by atoms with Gasteiger partial charge in [-0.25, -0.2) is 4.98 Å². The van der Waals surface area contributed by atoms with Crippen molar-refractivity contribution < 1.29 is 9.59 Å². The van der Waals surface area contributed by atoms with Gasteiger partial charge in [0.15, 0.2) is 0 Å². The molecule has 1 aromatic carbocycles. The fraction of sp³-hybridized carbons (Fsp3) is 0.526. The van der Waals surface area contributed by atoms with E-state index >= 15 is 0 Å². The van der Waals surface area contributed by atoms with E-state index in [1.807, 2.05) is 24.3 Å². The van der Waals surface area contributed by atoms with Crippen LogP contribution in [0.15, 0.2) is 24.3 Å². The van der Waals surface area contributed by atoms with Crippen molar-refractivity contribution in [3.8, 4) is 0 Å². The van der Waals surface area contributed by atoms with Crippen LogP contribution in [-0.4, -0.2) is 26.9 Å². The van der Waals surface area contributed by atoms with Crippen LogP contribution in [0.25, 0.3) is 11.0 Å². The second kappa shape index (κ2) is 7.25. The van der Waals surface area contributed by atoms with Gasteiger partial charge < -0.3 is 15.2 Å². The number of carbonyl (C=O) groups excluding carboxylic acids is 2. The largest absolute Gasteiger partial charge is 0.347 e. The Hall–Kier alpha value is -2.37. The lowest BCUT2D eigenvalue weighted by Crippen LogP contribution is -2.59. The number of hydrogen-bond acceptors (Lipinski definition) is 3. The third-order valence-electron chi connectivity index (χ3n) is 5.01. The summed E-state index contributed by atoms with van der Waals surface area (Å²) in [5.74, 6) is 0.584. The van der Waals surface area contributed by atoms with Gasteiger partial charge in [-0.05, 0) is 31.9 Å². The summed E-state index contributed by atoms with van der Waals surface area (Å²) >= 11 is 0. The first-order valence-electron chi connectivity index (χ1n) is 9.07. The minimum atomic E-state index is -0.771. The smallest absolute Gasteiger partial charge is 0.246 e. The Morgan fingerprint density at radius 2 is 1.92 bits per heavy atom. The molecule has 2 aromatic rings. The average Bonchev–Trinajstić information content (AvgIpc) is 2.97. The van der Waals surface area contributed by atoms with Crippen molar-refractivity contribution in [1.82, 2.24) is 20.2 Å². The van der Waals surface area contributed by atoms with Gasteiger partial charge in [-0.3, -0.25) is 9.59 Å². The van der Waals surface area contributed by atoms with Gasteiger partial charge in [0.05, 0.1) is 17.6 Å². The van der Waals surface area contributed by atoms with Crippen LogP contribution in [0.1, 0.15) is 51.8 Å². The SMILES string of the molecule is CCn1c(CNC(=O)C2(NC(C)=O)CCCCC2)nc2ccccc21. The van der Waals surface area contributed by atoms with Gasteiger partial charge in [-0.1, -0.05) is 31.4 Å². The number of para-hydroxylation sites is 2. The average molecular weight is 342 g/mol. The number of benzene rings is 1. The number of fused-ring (bicyclic) bond motifs is 1. The molecule has 1 saturated carbocycles. The Morgan fingerprint density at radius 1 is 1.20 bits per heavy atom. The molecule has 1 heterocycles. The highest BCUT2D eigenvalue weighted by molar-refractivity contribution is 5.91. The molecule has 3 rings (SSSR count). The van der Waals surface area contributed by atoms with Crippen molar-refractivity contribution in [2.45, 2.75) is 64.6 Å². The van der Waals surface area contributed by atoms with Crippen LogP contribution in [-0.2, 0) is 22.7 Å². The predicted molar refractivity (Wildman–Crippen MR) is 96.9 cm³/mol. The molecule has 1 aromatic heterocycles. The van der Waals surface area contributed by atoms with Crippen molar-refractivity contribution in [1.29, 1.82) is 0 Å². The summed E-state index contributed by atoms with van der Waals surface area (Å²) in [6.07, 6.45) is 4.42. The lowest BCUT2D eigenvalue weighted by atomic mass is 9.80. The molecule has 6 heteroatoms. The van der Waals surface area contributed by atoms with Crippen LogP contribution in [0.5, 0.6) is 0 Å². The molecule has 0 radical (unpaired) electrons. The Morgan fingerprint density at radius 3 is 2.60 bits per heavy atom. The normalized spacial score (nSPS) is 16.6. The van der Waals surface area contributed by atoms with Gasteiger partial charge in [0.2, 0.25) is 11.8 Å². The number of amides is 2. The predicted octanol–water partition coefficient (Wildman–Crippen LogP) is 2.51. The molecule has 1 aliphatic carbocycles. The molecule has 1 aliphatic rings. The molecule has 1 fully saturated rings. The fourth-order valence-corrected chi connectivity index (χ4v) is 3.84. The minimum absolute atomic E-state index is 0.0999. The molecule has 2 N–H and O–H groups in total. The molecule has 0 spiro atoms. The highest BCUT2D eigenvalue weighted by Crippen LogP contribution is 2.28. The number of nitrogens with one attached hydrogen (secondary N) is 2. The zero-order valence-electron chi connectivity index (χ0n) is 15.0. The van der Waals surface area contributed by atoms with E-state index in [0.717, 1.165) is 42.7 Å². The Kier molecular flexibility index (Phi) is 5.06. The Balaban J connectivity index is 1.78. The van der Waals surface area contributed by atoms with Crippen molar-refractivity contribution in [3.63, 3.8) is 0 Å². The van der Waals surface area contributed by atoms with Crippen molar-refractivity contribution in [3.05, 3.63) is 30.1 Å². The third kappa shape index (κ3) is 3.52. The number of aryl methyl sites for hydroxylation is 1. The van der Waals surface area contributed by atoms with Crippen LogP contribution in [0.4, 0.5) is 0 Å². The summed E-state index contributed by atoms with van der Waals surface area (Å²) in [4.78, 5) is 29.1. The maximum Gasteiger partial charge on any atom is 0.246 e. The topological polar surface area (TPSA) is 76.0 Å². The zero-order chi connectivity index (χ0) is 17.9. The van der Waals surface area contributed by atoms with Crippen LogP contribution in [0.3, 0.4) is 0 Å². The molecular weight excluding hydrogens is 316 g/mol. The summed E-state index contributed by atoms with van der Waals surface area (Å²) in [5.41, 5.74) is 1.24. The van der Waals surface area contributed by atoms with Crippen LogP contribution in [0, 0.1) is 0 Å². The maximum absolute atomic E-state index is 12.9. The number of nitrogens with zero attached hydrogens (tertiary/aromatic N) is 2. The first kappa shape index (κ1) is 17.5. The fourth-order valence-electron chi connectivity index (χ4n) is 3.84. The number of carbonyl (C=O) groups is 2. The molecule has 0 unspecified atom stereocenters. The summed E-state index contributed by atoms with van der Waals surface area (Å²) in [5, 5.41) is 5.92. The molecule has 134 valence electrons. The van der Waals surface area contributed by atoms with E-state index in [-0.39, 0.29) is 11.8 Å². The number of imidazole rings is 1. The maximum atomic E-state index is 12.9. The van der Waals surface area contributed by atoms with E-state index in [4.69, 9.17) is 0 Å².